The lowest BCUT2D eigenvalue weighted by Gasteiger charge is -2.11. The molecular weight excluding hydrogens is 326 g/mol. The van der Waals surface area contributed by atoms with Gasteiger partial charge >= 0.3 is 0 Å². The standard InChI is InChI=1S/C15H11N7O3/c1-25-13-8-9(22(23)24)6-7-11(13)17-14-15-18-19-20-21(15)12-5-3-2-4-10(12)16-14/h2-8H,1H3,(H,16,17). The largest absolute Gasteiger partial charge is 0.494 e. The minimum atomic E-state index is -0.485. The van der Waals surface area contributed by atoms with Gasteiger partial charge in [0.25, 0.3) is 5.69 Å². The van der Waals surface area contributed by atoms with Crippen molar-refractivity contribution in [2.45, 2.75) is 0 Å². The monoisotopic (exact) mass is 337 g/mol. The Bertz CT molecular complexity index is 1110. The third-order valence-corrected chi connectivity index (χ3v) is 3.67. The van der Waals surface area contributed by atoms with Crippen molar-refractivity contribution in [3.05, 3.63) is 52.6 Å². The molecule has 124 valence electrons. The third kappa shape index (κ3) is 2.45. The smallest absolute Gasteiger partial charge is 0.273 e. The molecule has 0 fully saturated rings. The van der Waals surface area contributed by atoms with E-state index in [1.807, 2.05) is 24.3 Å². The maximum absolute atomic E-state index is 10.9. The lowest BCUT2D eigenvalue weighted by Crippen LogP contribution is -2.02. The van der Waals surface area contributed by atoms with Gasteiger partial charge in [-0.25, -0.2) is 4.98 Å². The first-order valence-corrected chi connectivity index (χ1v) is 7.23. The molecular formula is C15H11N7O3. The molecule has 0 aliphatic heterocycles. The number of fused-ring (bicyclic) bond motifs is 3. The van der Waals surface area contributed by atoms with Crippen LogP contribution in [0, 0.1) is 10.1 Å². The molecule has 2 aromatic heterocycles. The summed E-state index contributed by atoms with van der Waals surface area (Å²) in [5.41, 5.74) is 2.34. The van der Waals surface area contributed by atoms with E-state index in [2.05, 4.69) is 25.8 Å². The fraction of sp³-hybridized carbons (Fsp3) is 0.0667. The molecule has 10 heteroatoms. The van der Waals surface area contributed by atoms with Crippen LogP contribution in [-0.4, -0.2) is 37.1 Å². The lowest BCUT2D eigenvalue weighted by molar-refractivity contribution is -0.384. The number of para-hydroxylation sites is 2. The van der Waals surface area contributed by atoms with Crippen molar-refractivity contribution >= 4 is 33.9 Å². The number of anilines is 2. The highest BCUT2D eigenvalue weighted by Crippen LogP contribution is 2.32. The summed E-state index contributed by atoms with van der Waals surface area (Å²) in [4.78, 5) is 15.0. The van der Waals surface area contributed by atoms with E-state index < -0.39 is 4.92 Å². The molecule has 0 amide bonds. The Labute approximate surface area is 140 Å². The fourth-order valence-corrected chi connectivity index (χ4v) is 2.51. The van der Waals surface area contributed by atoms with Gasteiger partial charge in [0.2, 0.25) is 5.65 Å². The zero-order chi connectivity index (χ0) is 17.4. The third-order valence-electron chi connectivity index (χ3n) is 3.67. The van der Waals surface area contributed by atoms with Gasteiger partial charge in [-0.1, -0.05) is 12.1 Å². The molecule has 0 atom stereocenters. The Hall–Kier alpha value is -3.82. The number of nitro groups is 1. The number of non-ortho nitro benzene ring substituents is 1. The van der Waals surface area contributed by atoms with Crippen molar-refractivity contribution in [3.8, 4) is 5.75 Å². The summed E-state index contributed by atoms with van der Waals surface area (Å²) in [7, 11) is 1.44. The fourth-order valence-electron chi connectivity index (χ4n) is 2.51. The molecule has 0 bridgehead atoms. The highest BCUT2D eigenvalue weighted by atomic mass is 16.6. The molecule has 0 radical (unpaired) electrons. The van der Waals surface area contributed by atoms with Gasteiger partial charge in [-0.15, -0.1) is 5.10 Å². The summed E-state index contributed by atoms with van der Waals surface area (Å²) in [5.74, 6) is 0.727. The first-order valence-electron chi connectivity index (χ1n) is 7.23. The van der Waals surface area contributed by atoms with Crippen LogP contribution in [-0.2, 0) is 0 Å². The summed E-state index contributed by atoms with van der Waals surface area (Å²) < 4.78 is 6.81. The van der Waals surface area contributed by atoms with Gasteiger partial charge < -0.3 is 10.1 Å². The molecule has 0 saturated heterocycles. The molecule has 4 aromatic rings. The van der Waals surface area contributed by atoms with E-state index in [1.165, 1.54) is 19.2 Å². The SMILES string of the molecule is COc1cc([N+](=O)[O-])ccc1Nc1nc2ccccc2n2nnnc12. The number of nitrogens with one attached hydrogen (secondary N) is 1. The Balaban J connectivity index is 1.85. The van der Waals surface area contributed by atoms with Gasteiger partial charge in [0, 0.05) is 6.07 Å². The minimum Gasteiger partial charge on any atom is -0.494 e. The molecule has 0 saturated carbocycles. The summed E-state index contributed by atoms with van der Waals surface area (Å²) in [6, 6.07) is 11.7. The van der Waals surface area contributed by atoms with Gasteiger partial charge in [0.15, 0.2) is 5.82 Å². The Kier molecular flexibility index (Phi) is 3.35. The van der Waals surface area contributed by atoms with Crippen LogP contribution in [0.15, 0.2) is 42.5 Å². The van der Waals surface area contributed by atoms with E-state index in [4.69, 9.17) is 4.74 Å². The van der Waals surface area contributed by atoms with Gasteiger partial charge in [0.1, 0.15) is 5.75 Å². The number of hydrogen-bond acceptors (Lipinski definition) is 8. The van der Waals surface area contributed by atoms with Crippen LogP contribution in [0.3, 0.4) is 0 Å². The maximum Gasteiger partial charge on any atom is 0.273 e. The second kappa shape index (κ2) is 5.67. The number of nitro benzene ring substituents is 1. The second-order valence-corrected chi connectivity index (χ2v) is 5.13. The maximum atomic E-state index is 10.9. The zero-order valence-corrected chi connectivity index (χ0v) is 12.9. The van der Waals surface area contributed by atoms with Crippen molar-refractivity contribution in [2.24, 2.45) is 0 Å². The van der Waals surface area contributed by atoms with E-state index in [1.54, 1.807) is 10.6 Å². The van der Waals surface area contributed by atoms with Gasteiger partial charge in [-0.3, -0.25) is 10.1 Å². The van der Waals surface area contributed by atoms with Crippen molar-refractivity contribution < 1.29 is 9.66 Å². The average molecular weight is 337 g/mol. The van der Waals surface area contributed by atoms with Crippen LogP contribution in [0.25, 0.3) is 16.7 Å². The molecule has 25 heavy (non-hydrogen) atoms. The summed E-state index contributed by atoms with van der Waals surface area (Å²) in [6.45, 7) is 0. The second-order valence-electron chi connectivity index (χ2n) is 5.13. The first kappa shape index (κ1) is 14.8. The predicted octanol–water partition coefficient (Wildman–Crippen LogP) is 2.33. The zero-order valence-electron chi connectivity index (χ0n) is 12.9. The van der Waals surface area contributed by atoms with Gasteiger partial charge in [0.05, 0.1) is 34.8 Å². The number of aromatic nitrogens is 5. The summed E-state index contributed by atoms with van der Waals surface area (Å²) in [5, 5.41) is 25.7. The van der Waals surface area contributed by atoms with E-state index in [-0.39, 0.29) is 5.69 Å². The normalized spacial score (nSPS) is 10.9. The number of methoxy groups -OCH3 is 1. The molecule has 10 nitrogen and oxygen atoms in total. The highest BCUT2D eigenvalue weighted by Gasteiger charge is 2.15. The number of rotatable bonds is 4. The van der Waals surface area contributed by atoms with Crippen molar-refractivity contribution in [1.82, 2.24) is 25.0 Å². The molecule has 4 rings (SSSR count). The van der Waals surface area contributed by atoms with Crippen molar-refractivity contribution in [3.63, 3.8) is 0 Å². The quantitative estimate of drug-likeness (QED) is 0.445. The van der Waals surface area contributed by atoms with E-state index >= 15 is 0 Å². The Morgan fingerprint density at radius 3 is 2.88 bits per heavy atom. The Morgan fingerprint density at radius 1 is 1.24 bits per heavy atom. The van der Waals surface area contributed by atoms with Crippen LogP contribution in [0.2, 0.25) is 0 Å². The van der Waals surface area contributed by atoms with Crippen LogP contribution in [0.1, 0.15) is 0 Å². The van der Waals surface area contributed by atoms with Crippen LogP contribution < -0.4 is 10.1 Å². The number of hydrogen-bond donors (Lipinski definition) is 1. The lowest BCUT2D eigenvalue weighted by atomic mass is 10.2. The van der Waals surface area contributed by atoms with E-state index in [9.17, 15) is 10.1 Å². The van der Waals surface area contributed by atoms with Crippen LogP contribution >= 0.6 is 0 Å². The van der Waals surface area contributed by atoms with Crippen molar-refractivity contribution in [1.29, 1.82) is 0 Å². The van der Waals surface area contributed by atoms with Gasteiger partial charge in [-0.05, 0) is 28.6 Å². The number of nitrogens with zero attached hydrogens (tertiary/aromatic N) is 6. The van der Waals surface area contributed by atoms with Crippen molar-refractivity contribution in [2.75, 3.05) is 12.4 Å². The molecule has 0 aliphatic rings. The Morgan fingerprint density at radius 2 is 2.08 bits per heavy atom. The minimum absolute atomic E-state index is 0.0665. The topological polar surface area (TPSA) is 120 Å². The average Bonchev–Trinajstić information content (AvgIpc) is 3.12. The summed E-state index contributed by atoms with van der Waals surface area (Å²) >= 11 is 0. The molecule has 2 aromatic carbocycles. The van der Waals surface area contributed by atoms with Crippen LogP contribution in [0.4, 0.5) is 17.2 Å². The highest BCUT2D eigenvalue weighted by molar-refractivity contribution is 5.84. The predicted molar refractivity (Wildman–Crippen MR) is 89.0 cm³/mol. The molecule has 1 N–H and O–H groups in total. The first-order chi connectivity index (χ1) is 12.2. The number of tetrazole rings is 1. The van der Waals surface area contributed by atoms with Gasteiger partial charge in [-0.2, -0.15) is 4.52 Å². The van der Waals surface area contributed by atoms with E-state index in [0.29, 0.717) is 28.4 Å². The number of benzene rings is 2. The number of ether oxygens (including phenoxy) is 1. The summed E-state index contributed by atoms with van der Waals surface area (Å²) in [6.07, 6.45) is 0. The van der Waals surface area contributed by atoms with E-state index in [0.717, 1.165) is 5.52 Å². The van der Waals surface area contributed by atoms with Crippen LogP contribution in [0.5, 0.6) is 5.75 Å². The molecule has 0 aliphatic carbocycles. The molecule has 0 unspecified atom stereocenters. The molecule has 2 heterocycles. The molecule has 0 spiro atoms.